The van der Waals surface area contributed by atoms with E-state index in [-0.39, 0.29) is 0 Å². The lowest BCUT2D eigenvalue weighted by Crippen LogP contribution is -2.45. The monoisotopic (exact) mass is 250 g/mol. The van der Waals surface area contributed by atoms with E-state index in [2.05, 4.69) is 27.0 Å². The summed E-state index contributed by atoms with van der Waals surface area (Å²) < 4.78 is 0. The molecule has 1 saturated carbocycles. The lowest BCUT2D eigenvalue weighted by atomic mass is 10.0. The maximum Gasteiger partial charge on any atom is 0.0245 e. The zero-order chi connectivity index (χ0) is 11.5. The predicted octanol–water partition coefficient (Wildman–Crippen LogP) is 2.85. The Kier molecular flexibility index (Phi) is 3.79. The summed E-state index contributed by atoms with van der Waals surface area (Å²) in [6.45, 7) is 3.64. The molecule has 0 aromatic carbocycles. The summed E-state index contributed by atoms with van der Waals surface area (Å²) in [5.74, 6) is 0. The van der Waals surface area contributed by atoms with Crippen molar-refractivity contribution in [1.29, 1.82) is 0 Å². The van der Waals surface area contributed by atoms with Gasteiger partial charge < -0.3 is 5.32 Å². The van der Waals surface area contributed by atoms with Gasteiger partial charge in [0, 0.05) is 25.2 Å². The minimum Gasteiger partial charge on any atom is -0.312 e. The van der Waals surface area contributed by atoms with Crippen molar-refractivity contribution in [3.63, 3.8) is 0 Å². The second-order valence-electron chi connectivity index (χ2n) is 5.43. The van der Waals surface area contributed by atoms with Crippen LogP contribution in [0.5, 0.6) is 0 Å². The van der Waals surface area contributed by atoms with Gasteiger partial charge in [-0.05, 0) is 54.6 Å². The van der Waals surface area contributed by atoms with Gasteiger partial charge in [-0.3, -0.25) is 4.90 Å². The zero-order valence-corrected chi connectivity index (χ0v) is 11.2. The lowest BCUT2D eigenvalue weighted by Gasteiger charge is -2.35. The molecule has 3 heteroatoms. The molecule has 1 unspecified atom stereocenters. The third-order valence-corrected chi connectivity index (χ3v) is 4.67. The molecule has 1 aromatic heterocycles. The summed E-state index contributed by atoms with van der Waals surface area (Å²) in [7, 11) is 0. The molecular formula is C14H22N2S. The van der Waals surface area contributed by atoms with E-state index in [0.717, 1.165) is 18.6 Å². The van der Waals surface area contributed by atoms with E-state index in [4.69, 9.17) is 0 Å². The molecule has 3 rings (SSSR count). The zero-order valence-electron chi connectivity index (χ0n) is 10.4. The third-order valence-electron chi connectivity index (χ3n) is 3.93. The van der Waals surface area contributed by atoms with Crippen LogP contribution in [0.2, 0.25) is 0 Å². The van der Waals surface area contributed by atoms with Gasteiger partial charge in [-0.1, -0.05) is 6.42 Å². The number of piperidine rings is 1. The van der Waals surface area contributed by atoms with E-state index < -0.39 is 0 Å². The Morgan fingerprint density at radius 2 is 2.24 bits per heavy atom. The molecular weight excluding hydrogens is 228 g/mol. The second-order valence-corrected chi connectivity index (χ2v) is 6.21. The van der Waals surface area contributed by atoms with Crippen molar-refractivity contribution in [2.45, 2.75) is 50.7 Å². The Morgan fingerprint density at radius 3 is 3.00 bits per heavy atom. The number of hydrogen-bond donors (Lipinski definition) is 1. The van der Waals surface area contributed by atoms with Crippen molar-refractivity contribution in [3.05, 3.63) is 22.4 Å². The molecule has 0 amide bonds. The maximum atomic E-state index is 3.70. The molecule has 0 radical (unpaired) electrons. The highest BCUT2D eigenvalue weighted by molar-refractivity contribution is 7.07. The van der Waals surface area contributed by atoms with Crippen molar-refractivity contribution in [2.75, 3.05) is 13.1 Å². The Labute approximate surface area is 108 Å². The standard InChI is InChI=1S/C14H22N2S/c1-2-7-16(10-12-6-8-17-11-12)14(3-1)9-15-13-4-5-13/h6,8,11,13-15H,1-5,7,9-10H2. The van der Waals surface area contributed by atoms with Crippen molar-refractivity contribution in [1.82, 2.24) is 10.2 Å². The van der Waals surface area contributed by atoms with Gasteiger partial charge in [0.05, 0.1) is 0 Å². The van der Waals surface area contributed by atoms with Gasteiger partial charge in [0.1, 0.15) is 0 Å². The van der Waals surface area contributed by atoms with E-state index in [9.17, 15) is 0 Å². The topological polar surface area (TPSA) is 15.3 Å². The van der Waals surface area contributed by atoms with Crippen LogP contribution >= 0.6 is 11.3 Å². The largest absolute Gasteiger partial charge is 0.312 e. The molecule has 1 atom stereocenters. The smallest absolute Gasteiger partial charge is 0.0245 e. The maximum absolute atomic E-state index is 3.70. The normalized spacial score (nSPS) is 26.2. The highest BCUT2D eigenvalue weighted by Gasteiger charge is 2.26. The first-order chi connectivity index (χ1) is 8.42. The molecule has 94 valence electrons. The SMILES string of the molecule is c1cc(CN2CCCCC2CNC2CC2)cs1. The Hall–Kier alpha value is -0.380. The highest BCUT2D eigenvalue weighted by atomic mass is 32.1. The summed E-state index contributed by atoms with van der Waals surface area (Å²) in [6.07, 6.45) is 6.97. The minimum absolute atomic E-state index is 0.768. The molecule has 2 heterocycles. The van der Waals surface area contributed by atoms with E-state index >= 15 is 0 Å². The molecule has 0 bridgehead atoms. The summed E-state index contributed by atoms with van der Waals surface area (Å²) >= 11 is 1.82. The van der Waals surface area contributed by atoms with Crippen LogP contribution in [0.25, 0.3) is 0 Å². The van der Waals surface area contributed by atoms with Gasteiger partial charge in [-0.25, -0.2) is 0 Å². The van der Waals surface area contributed by atoms with Crippen molar-refractivity contribution < 1.29 is 0 Å². The molecule has 2 fully saturated rings. The van der Waals surface area contributed by atoms with Crippen LogP contribution in [0.1, 0.15) is 37.7 Å². The summed E-state index contributed by atoms with van der Waals surface area (Å²) in [5, 5.41) is 8.18. The first-order valence-corrected chi connectivity index (χ1v) is 7.84. The van der Waals surface area contributed by atoms with Crippen molar-refractivity contribution in [2.24, 2.45) is 0 Å². The second kappa shape index (κ2) is 5.51. The lowest BCUT2D eigenvalue weighted by molar-refractivity contribution is 0.137. The van der Waals surface area contributed by atoms with Gasteiger partial charge in [0.2, 0.25) is 0 Å². The van der Waals surface area contributed by atoms with Gasteiger partial charge in [-0.2, -0.15) is 11.3 Å². The number of likely N-dealkylation sites (tertiary alicyclic amines) is 1. The van der Waals surface area contributed by atoms with E-state index in [1.807, 2.05) is 11.3 Å². The third kappa shape index (κ3) is 3.30. The minimum atomic E-state index is 0.768. The van der Waals surface area contributed by atoms with Crippen molar-refractivity contribution >= 4 is 11.3 Å². The molecule has 1 saturated heterocycles. The molecule has 1 aliphatic heterocycles. The van der Waals surface area contributed by atoms with E-state index in [1.165, 1.54) is 50.8 Å². The summed E-state index contributed by atoms with van der Waals surface area (Å²) in [5.41, 5.74) is 1.49. The molecule has 17 heavy (non-hydrogen) atoms. The highest BCUT2D eigenvalue weighted by Crippen LogP contribution is 2.23. The fourth-order valence-corrected chi connectivity index (χ4v) is 3.37. The number of thiophene rings is 1. The summed E-state index contributed by atoms with van der Waals surface area (Å²) in [4.78, 5) is 2.68. The first-order valence-electron chi connectivity index (χ1n) is 6.90. The fraction of sp³-hybridized carbons (Fsp3) is 0.714. The van der Waals surface area contributed by atoms with Crippen LogP contribution < -0.4 is 5.32 Å². The van der Waals surface area contributed by atoms with Crippen LogP contribution in [0.3, 0.4) is 0 Å². The van der Waals surface area contributed by atoms with E-state index in [1.54, 1.807) is 0 Å². The van der Waals surface area contributed by atoms with Crippen LogP contribution in [0.4, 0.5) is 0 Å². The number of rotatable bonds is 5. The Morgan fingerprint density at radius 1 is 1.29 bits per heavy atom. The van der Waals surface area contributed by atoms with Gasteiger partial charge in [0.25, 0.3) is 0 Å². The predicted molar refractivity (Wildman–Crippen MR) is 73.4 cm³/mol. The molecule has 0 spiro atoms. The van der Waals surface area contributed by atoms with Crippen LogP contribution in [-0.4, -0.2) is 30.1 Å². The number of nitrogens with one attached hydrogen (secondary N) is 1. The van der Waals surface area contributed by atoms with E-state index in [0.29, 0.717) is 0 Å². The van der Waals surface area contributed by atoms with Gasteiger partial charge >= 0.3 is 0 Å². The average Bonchev–Trinajstić information content (AvgIpc) is 3.05. The number of hydrogen-bond acceptors (Lipinski definition) is 3. The Bertz CT molecular complexity index is 332. The number of nitrogens with zero attached hydrogens (tertiary/aromatic N) is 1. The van der Waals surface area contributed by atoms with Crippen LogP contribution in [0.15, 0.2) is 16.8 Å². The average molecular weight is 250 g/mol. The molecule has 1 aliphatic carbocycles. The molecule has 2 aliphatic rings. The fourth-order valence-electron chi connectivity index (χ4n) is 2.71. The molecule has 1 aromatic rings. The van der Waals surface area contributed by atoms with Crippen LogP contribution in [0, 0.1) is 0 Å². The van der Waals surface area contributed by atoms with Gasteiger partial charge in [-0.15, -0.1) is 0 Å². The quantitative estimate of drug-likeness (QED) is 0.864. The Balaban J connectivity index is 1.54. The first kappa shape index (κ1) is 11.7. The molecule has 1 N–H and O–H groups in total. The molecule has 2 nitrogen and oxygen atoms in total. The van der Waals surface area contributed by atoms with Crippen molar-refractivity contribution in [3.8, 4) is 0 Å². The summed E-state index contributed by atoms with van der Waals surface area (Å²) in [6, 6.07) is 3.88. The van der Waals surface area contributed by atoms with Gasteiger partial charge in [0.15, 0.2) is 0 Å². The van der Waals surface area contributed by atoms with Crippen LogP contribution in [-0.2, 0) is 6.54 Å².